The highest BCUT2D eigenvalue weighted by Gasteiger charge is 2.26. The highest BCUT2D eigenvalue weighted by atomic mass is 32.2. The molecule has 0 bridgehead atoms. The van der Waals surface area contributed by atoms with E-state index in [9.17, 15) is 17.6 Å². The maximum atomic E-state index is 13.9. The first kappa shape index (κ1) is 15.9. The summed E-state index contributed by atoms with van der Waals surface area (Å²) in [6, 6.07) is 2.49. The molecule has 1 aliphatic heterocycles. The van der Waals surface area contributed by atoms with Crippen LogP contribution in [0.1, 0.15) is 42.1 Å². The lowest BCUT2D eigenvalue weighted by molar-refractivity contribution is 0.0635. The van der Waals surface area contributed by atoms with E-state index in [2.05, 4.69) is 0 Å². The molecule has 0 saturated carbocycles. The zero-order chi connectivity index (χ0) is 15.8. The fraction of sp³-hybridized carbons (Fsp3) is 0.500. The molecule has 1 heterocycles. The van der Waals surface area contributed by atoms with Crippen LogP contribution >= 0.6 is 0 Å². The van der Waals surface area contributed by atoms with Crippen LogP contribution in [0.15, 0.2) is 17.0 Å². The lowest BCUT2D eigenvalue weighted by atomic mass is 10.0. The standard InChI is InChI=1S/C14H19FN2O3S/c1-9-7-11(8-12(13(9)15)21(16,19)20)14(18)17-6-4-3-5-10(17)2/h7-8,10H,3-6H2,1-2H3,(H2,16,19,20). The van der Waals surface area contributed by atoms with Crippen LogP contribution in [0.2, 0.25) is 0 Å². The number of amides is 1. The molecular formula is C14H19FN2O3S. The molecule has 1 fully saturated rings. The molecule has 1 saturated heterocycles. The van der Waals surface area contributed by atoms with Crippen molar-refractivity contribution < 1.29 is 17.6 Å². The van der Waals surface area contributed by atoms with Gasteiger partial charge in [-0.1, -0.05) is 0 Å². The second kappa shape index (κ2) is 5.73. The minimum Gasteiger partial charge on any atom is -0.336 e. The third-order valence-electron chi connectivity index (χ3n) is 3.84. The van der Waals surface area contributed by atoms with Crippen molar-refractivity contribution >= 4 is 15.9 Å². The Morgan fingerprint density at radius 2 is 2.05 bits per heavy atom. The lowest BCUT2D eigenvalue weighted by Gasteiger charge is -2.33. The van der Waals surface area contributed by atoms with Crippen molar-refractivity contribution in [3.05, 3.63) is 29.1 Å². The van der Waals surface area contributed by atoms with E-state index in [0.29, 0.717) is 6.54 Å². The Kier molecular flexibility index (Phi) is 4.34. The summed E-state index contributed by atoms with van der Waals surface area (Å²) >= 11 is 0. The third-order valence-corrected chi connectivity index (χ3v) is 4.75. The smallest absolute Gasteiger partial charge is 0.254 e. The van der Waals surface area contributed by atoms with Gasteiger partial charge in [-0.25, -0.2) is 17.9 Å². The number of nitrogens with two attached hydrogens (primary N) is 1. The highest BCUT2D eigenvalue weighted by molar-refractivity contribution is 7.89. The highest BCUT2D eigenvalue weighted by Crippen LogP contribution is 2.23. The molecule has 1 amide bonds. The third kappa shape index (κ3) is 3.24. The molecule has 1 atom stereocenters. The quantitative estimate of drug-likeness (QED) is 0.904. The molecule has 2 rings (SSSR count). The number of hydrogen-bond acceptors (Lipinski definition) is 3. The summed E-state index contributed by atoms with van der Waals surface area (Å²) in [5.74, 6) is -1.18. The van der Waals surface area contributed by atoms with Crippen LogP contribution in [0.3, 0.4) is 0 Å². The van der Waals surface area contributed by atoms with Crippen molar-refractivity contribution in [2.75, 3.05) is 6.54 Å². The summed E-state index contributed by atoms with van der Waals surface area (Å²) in [6.07, 6.45) is 2.89. The summed E-state index contributed by atoms with van der Waals surface area (Å²) in [5, 5.41) is 5.01. The number of likely N-dealkylation sites (tertiary alicyclic amines) is 1. The van der Waals surface area contributed by atoms with Gasteiger partial charge in [-0.15, -0.1) is 0 Å². The van der Waals surface area contributed by atoms with Gasteiger partial charge in [0.1, 0.15) is 10.7 Å². The fourth-order valence-corrected chi connectivity index (χ4v) is 3.34. The van der Waals surface area contributed by atoms with Crippen molar-refractivity contribution in [1.82, 2.24) is 4.90 Å². The number of primary sulfonamides is 1. The van der Waals surface area contributed by atoms with Gasteiger partial charge in [-0.3, -0.25) is 4.79 Å². The predicted molar refractivity (Wildman–Crippen MR) is 76.9 cm³/mol. The summed E-state index contributed by atoms with van der Waals surface area (Å²) < 4.78 is 36.7. The Morgan fingerprint density at radius 1 is 1.38 bits per heavy atom. The van der Waals surface area contributed by atoms with Crippen molar-refractivity contribution in [3.8, 4) is 0 Å². The van der Waals surface area contributed by atoms with E-state index in [0.717, 1.165) is 25.3 Å². The lowest BCUT2D eigenvalue weighted by Crippen LogP contribution is -2.42. The van der Waals surface area contributed by atoms with Crippen LogP contribution in [0.25, 0.3) is 0 Å². The summed E-state index contributed by atoms with van der Waals surface area (Å²) in [4.78, 5) is 13.6. The van der Waals surface area contributed by atoms with E-state index in [1.165, 1.54) is 13.0 Å². The molecule has 21 heavy (non-hydrogen) atoms. The molecule has 2 N–H and O–H groups in total. The summed E-state index contributed by atoms with van der Waals surface area (Å²) in [5.41, 5.74) is 0.251. The zero-order valence-electron chi connectivity index (χ0n) is 12.1. The van der Waals surface area contributed by atoms with Gasteiger partial charge in [-0.2, -0.15) is 0 Å². The van der Waals surface area contributed by atoms with Gasteiger partial charge in [-0.05, 0) is 50.8 Å². The molecule has 5 nitrogen and oxygen atoms in total. The van der Waals surface area contributed by atoms with E-state index in [-0.39, 0.29) is 23.1 Å². The zero-order valence-corrected chi connectivity index (χ0v) is 12.9. The fourth-order valence-electron chi connectivity index (χ4n) is 2.63. The Labute approximate surface area is 124 Å². The first-order chi connectivity index (χ1) is 9.71. The Balaban J connectivity index is 2.45. The minimum absolute atomic E-state index is 0.0922. The molecule has 0 aliphatic carbocycles. The number of sulfonamides is 1. The average molecular weight is 314 g/mol. The molecule has 116 valence electrons. The maximum Gasteiger partial charge on any atom is 0.254 e. The Morgan fingerprint density at radius 3 is 2.62 bits per heavy atom. The van der Waals surface area contributed by atoms with E-state index in [1.807, 2.05) is 6.92 Å². The van der Waals surface area contributed by atoms with Gasteiger partial charge in [0.15, 0.2) is 0 Å². The second-order valence-electron chi connectivity index (χ2n) is 5.49. The van der Waals surface area contributed by atoms with Gasteiger partial charge < -0.3 is 4.90 Å². The molecule has 0 spiro atoms. The Hall–Kier alpha value is -1.47. The molecule has 0 radical (unpaired) electrons. The average Bonchev–Trinajstić information content (AvgIpc) is 2.40. The van der Waals surface area contributed by atoms with E-state index in [1.54, 1.807) is 4.90 Å². The summed E-state index contributed by atoms with van der Waals surface area (Å²) in [7, 11) is -4.20. The molecule has 0 aromatic heterocycles. The summed E-state index contributed by atoms with van der Waals surface area (Å²) in [6.45, 7) is 4.00. The van der Waals surface area contributed by atoms with Gasteiger partial charge in [0, 0.05) is 18.2 Å². The molecule has 1 unspecified atom stereocenters. The van der Waals surface area contributed by atoms with Crippen molar-refractivity contribution in [1.29, 1.82) is 0 Å². The molecule has 1 aromatic carbocycles. The molecule has 1 aliphatic rings. The second-order valence-corrected chi connectivity index (χ2v) is 7.02. The number of piperidine rings is 1. The van der Waals surface area contributed by atoms with Crippen molar-refractivity contribution in [2.24, 2.45) is 5.14 Å². The Bertz CT molecular complexity index is 673. The minimum atomic E-state index is -4.20. The largest absolute Gasteiger partial charge is 0.336 e. The maximum absolute atomic E-state index is 13.9. The number of nitrogens with zero attached hydrogens (tertiary/aromatic N) is 1. The van der Waals surface area contributed by atoms with Crippen LogP contribution in [0, 0.1) is 12.7 Å². The van der Waals surface area contributed by atoms with E-state index >= 15 is 0 Å². The van der Waals surface area contributed by atoms with Crippen LogP contribution in [-0.4, -0.2) is 31.8 Å². The number of carbonyl (C=O) groups excluding carboxylic acids is 1. The van der Waals surface area contributed by atoms with Crippen LogP contribution in [0.5, 0.6) is 0 Å². The van der Waals surface area contributed by atoms with Crippen molar-refractivity contribution in [2.45, 2.75) is 44.0 Å². The number of benzene rings is 1. The predicted octanol–water partition coefficient (Wildman–Crippen LogP) is 1.80. The van der Waals surface area contributed by atoms with Gasteiger partial charge in [0.2, 0.25) is 10.0 Å². The first-order valence-electron chi connectivity index (χ1n) is 6.85. The number of carbonyl (C=O) groups is 1. The topological polar surface area (TPSA) is 80.5 Å². The van der Waals surface area contributed by atoms with Gasteiger partial charge >= 0.3 is 0 Å². The van der Waals surface area contributed by atoms with Crippen molar-refractivity contribution in [3.63, 3.8) is 0 Å². The van der Waals surface area contributed by atoms with E-state index in [4.69, 9.17) is 5.14 Å². The monoisotopic (exact) mass is 314 g/mol. The molecular weight excluding hydrogens is 295 g/mol. The number of hydrogen-bond donors (Lipinski definition) is 1. The first-order valence-corrected chi connectivity index (χ1v) is 8.40. The van der Waals surface area contributed by atoms with Crippen LogP contribution < -0.4 is 5.14 Å². The van der Waals surface area contributed by atoms with Crippen LogP contribution in [0.4, 0.5) is 4.39 Å². The number of aryl methyl sites for hydroxylation is 1. The van der Waals surface area contributed by atoms with Gasteiger partial charge in [0.25, 0.3) is 5.91 Å². The normalized spacial score (nSPS) is 19.6. The van der Waals surface area contributed by atoms with E-state index < -0.39 is 20.7 Å². The number of rotatable bonds is 2. The van der Waals surface area contributed by atoms with Crippen LogP contribution in [-0.2, 0) is 10.0 Å². The SMILES string of the molecule is Cc1cc(C(=O)N2CCCCC2C)cc(S(N)(=O)=O)c1F. The number of halogens is 1. The van der Waals surface area contributed by atoms with Gasteiger partial charge in [0.05, 0.1) is 0 Å². The molecule has 1 aromatic rings. The molecule has 7 heteroatoms.